The Hall–Kier alpha value is -1.23. The predicted molar refractivity (Wildman–Crippen MR) is 51.9 cm³/mol. The summed E-state index contributed by atoms with van der Waals surface area (Å²) >= 11 is 0. The number of aromatic nitrogens is 2. The molecule has 2 atom stereocenters. The SMILES string of the molecule is CC(O)C(C)Cn1ncc(N)c1N. The Bertz CT molecular complexity index is 282. The lowest BCUT2D eigenvalue weighted by Gasteiger charge is -2.15. The number of nitrogens with zero attached hydrogens (tertiary/aromatic N) is 2. The molecule has 5 heteroatoms. The largest absolute Gasteiger partial charge is 0.394 e. The van der Waals surface area contributed by atoms with E-state index >= 15 is 0 Å². The van der Waals surface area contributed by atoms with Gasteiger partial charge in [-0.25, -0.2) is 4.68 Å². The summed E-state index contributed by atoms with van der Waals surface area (Å²) in [5.41, 5.74) is 11.7. The second-order valence-electron chi connectivity index (χ2n) is 3.39. The molecule has 0 saturated carbocycles. The van der Waals surface area contributed by atoms with Crippen LogP contribution in [0.5, 0.6) is 0 Å². The van der Waals surface area contributed by atoms with Crippen molar-refractivity contribution in [1.82, 2.24) is 9.78 Å². The molecule has 5 N–H and O–H groups in total. The van der Waals surface area contributed by atoms with E-state index in [1.165, 1.54) is 6.20 Å². The van der Waals surface area contributed by atoms with Gasteiger partial charge in [-0.2, -0.15) is 5.10 Å². The Labute approximate surface area is 77.3 Å². The minimum atomic E-state index is -0.371. The monoisotopic (exact) mass is 184 g/mol. The first kappa shape index (κ1) is 9.85. The second-order valence-corrected chi connectivity index (χ2v) is 3.39. The van der Waals surface area contributed by atoms with Crippen LogP contribution in [0, 0.1) is 5.92 Å². The van der Waals surface area contributed by atoms with Crippen molar-refractivity contribution in [3.8, 4) is 0 Å². The van der Waals surface area contributed by atoms with Gasteiger partial charge in [0.15, 0.2) is 0 Å². The molecule has 0 aliphatic carbocycles. The Balaban J connectivity index is 2.69. The van der Waals surface area contributed by atoms with E-state index in [2.05, 4.69) is 5.10 Å². The molecule has 0 aromatic carbocycles. The quantitative estimate of drug-likeness (QED) is 0.619. The Morgan fingerprint density at radius 3 is 2.54 bits per heavy atom. The van der Waals surface area contributed by atoms with Crippen LogP contribution in [0.4, 0.5) is 11.5 Å². The van der Waals surface area contributed by atoms with Gasteiger partial charge in [0.25, 0.3) is 0 Å². The Morgan fingerprint density at radius 1 is 1.54 bits per heavy atom. The third kappa shape index (κ3) is 2.12. The zero-order chi connectivity index (χ0) is 10.0. The molecule has 0 radical (unpaired) electrons. The van der Waals surface area contributed by atoms with E-state index in [1.54, 1.807) is 11.6 Å². The third-order valence-corrected chi connectivity index (χ3v) is 2.19. The van der Waals surface area contributed by atoms with Crippen LogP contribution < -0.4 is 11.5 Å². The minimum absolute atomic E-state index is 0.113. The first-order chi connectivity index (χ1) is 6.02. The molecule has 0 amide bonds. The van der Waals surface area contributed by atoms with Crippen LogP contribution in [-0.4, -0.2) is 21.0 Å². The van der Waals surface area contributed by atoms with Gasteiger partial charge in [-0.05, 0) is 6.92 Å². The van der Waals surface area contributed by atoms with E-state index in [1.807, 2.05) is 6.92 Å². The van der Waals surface area contributed by atoms with Gasteiger partial charge in [0.1, 0.15) is 5.82 Å². The van der Waals surface area contributed by atoms with Gasteiger partial charge in [-0.3, -0.25) is 0 Å². The van der Waals surface area contributed by atoms with Crippen LogP contribution >= 0.6 is 0 Å². The number of nitrogen functional groups attached to an aromatic ring is 2. The summed E-state index contributed by atoms with van der Waals surface area (Å²) in [6.07, 6.45) is 1.15. The molecule has 5 nitrogen and oxygen atoms in total. The maximum absolute atomic E-state index is 9.27. The summed E-state index contributed by atoms with van der Waals surface area (Å²) in [4.78, 5) is 0. The van der Waals surface area contributed by atoms with E-state index in [-0.39, 0.29) is 12.0 Å². The fraction of sp³-hybridized carbons (Fsp3) is 0.625. The normalized spacial score (nSPS) is 15.6. The van der Waals surface area contributed by atoms with Gasteiger partial charge in [-0.1, -0.05) is 6.92 Å². The fourth-order valence-corrected chi connectivity index (χ4v) is 0.980. The van der Waals surface area contributed by atoms with E-state index in [9.17, 15) is 5.11 Å². The van der Waals surface area contributed by atoms with Crippen molar-refractivity contribution in [3.63, 3.8) is 0 Å². The highest BCUT2D eigenvalue weighted by atomic mass is 16.3. The van der Waals surface area contributed by atoms with E-state index < -0.39 is 0 Å². The highest BCUT2D eigenvalue weighted by Gasteiger charge is 2.12. The smallest absolute Gasteiger partial charge is 0.145 e. The highest BCUT2D eigenvalue weighted by Crippen LogP contribution is 2.15. The molecule has 0 fully saturated rings. The number of hydrogen-bond donors (Lipinski definition) is 3. The summed E-state index contributed by atoms with van der Waals surface area (Å²) in [6, 6.07) is 0. The molecule has 0 spiro atoms. The van der Waals surface area contributed by atoms with Crippen LogP contribution in [0.1, 0.15) is 13.8 Å². The molecule has 0 aliphatic heterocycles. The molecule has 1 heterocycles. The first-order valence-electron chi connectivity index (χ1n) is 4.27. The third-order valence-electron chi connectivity index (χ3n) is 2.19. The van der Waals surface area contributed by atoms with Crippen molar-refractivity contribution in [2.45, 2.75) is 26.5 Å². The zero-order valence-electron chi connectivity index (χ0n) is 7.94. The van der Waals surface area contributed by atoms with Crippen molar-refractivity contribution in [2.75, 3.05) is 11.5 Å². The van der Waals surface area contributed by atoms with E-state index in [0.717, 1.165) is 0 Å². The molecule has 13 heavy (non-hydrogen) atoms. The lowest BCUT2D eigenvalue weighted by atomic mass is 10.1. The van der Waals surface area contributed by atoms with Crippen LogP contribution in [-0.2, 0) is 6.54 Å². The van der Waals surface area contributed by atoms with E-state index in [4.69, 9.17) is 11.5 Å². The summed E-state index contributed by atoms with van der Waals surface area (Å²) in [6.45, 7) is 4.26. The van der Waals surface area contributed by atoms with Crippen molar-refractivity contribution >= 4 is 11.5 Å². The average Bonchev–Trinajstić information content (AvgIpc) is 2.36. The Kier molecular flexibility index (Phi) is 2.77. The second kappa shape index (κ2) is 3.66. The summed E-state index contributed by atoms with van der Waals surface area (Å²) in [5, 5.41) is 13.3. The molecule has 1 aromatic heterocycles. The number of hydrogen-bond acceptors (Lipinski definition) is 4. The molecule has 1 aromatic rings. The lowest BCUT2D eigenvalue weighted by Crippen LogP contribution is -2.20. The zero-order valence-corrected chi connectivity index (χ0v) is 7.94. The van der Waals surface area contributed by atoms with Crippen LogP contribution in [0.3, 0.4) is 0 Å². The number of aliphatic hydroxyl groups is 1. The summed E-state index contributed by atoms with van der Waals surface area (Å²) < 4.78 is 1.60. The summed E-state index contributed by atoms with van der Waals surface area (Å²) in [7, 11) is 0. The minimum Gasteiger partial charge on any atom is -0.394 e. The van der Waals surface area contributed by atoms with Gasteiger partial charge in [0, 0.05) is 12.5 Å². The molecule has 0 aliphatic rings. The molecule has 0 saturated heterocycles. The van der Waals surface area contributed by atoms with Gasteiger partial charge in [0.2, 0.25) is 0 Å². The topological polar surface area (TPSA) is 90.1 Å². The molecule has 0 bridgehead atoms. The fourth-order valence-electron chi connectivity index (χ4n) is 0.980. The maximum Gasteiger partial charge on any atom is 0.145 e. The van der Waals surface area contributed by atoms with Crippen LogP contribution in [0.2, 0.25) is 0 Å². The van der Waals surface area contributed by atoms with Gasteiger partial charge < -0.3 is 16.6 Å². The number of anilines is 2. The number of aliphatic hydroxyl groups excluding tert-OH is 1. The van der Waals surface area contributed by atoms with Crippen molar-refractivity contribution in [3.05, 3.63) is 6.20 Å². The van der Waals surface area contributed by atoms with Gasteiger partial charge in [-0.15, -0.1) is 0 Å². The van der Waals surface area contributed by atoms with Gasteiger partial charge >= 0.3 is 0 Å². The number of nitrogens with two attached hydrogens (primary N) is 2. The standard InChI is InChI=1S/C8H16N4O/c1-5(6(2)13)4-12-8(10)7(9)3-11-12/h3,5-6,13H,4,9-10H2,1-2H3. The Morgan fingerprint density at radius 2 is 2.15 bits per heavy atom. The van der Waals surface area contributed by atoms with Crippen LogP contribution in [0.25, 0.3) is 0 Å². The van der Waals surface area contributed by atoms with Crippen molar-refractivity contribution in [1.29, 1.82) is 0 Å². The molecule has 2 unspecified atom stereocenters. The first-order valence-corrected chi connectivity index (χ1v) is 4.27. The van der Waals surface area contributed by atoms with Crippen LogP contribution in [0.15, 0.2) is 6.20 Å². The summed E-state index contributed by atoms with van der Waals surface area (Å²) in [5.74, 6) is 0.578. The number of rotatable bonds is 3. The molecule has 1 rings (SSSR count). The predicted octanol–water partition coefficient (Wildman–Crippen LogP) is 0.0644. The van der Waals surface area contributed by atoms with Crippen molar-refractivity contribution in [2.24, 2.45) is 5.92 Å². The van der Waals surface area contributed by atoms with E-state index in [0.29, 0.717) is 18.1 Å². The average molecular weight is 184 g/mol. The molecule has 74 valence electrons. The molecular weight excluding hydrogens is 168 g/mol. The maximum atomic E-state index is 9.27. The van der Waals surface area contributed by atoms with Gasteiger partial charge in [0.05, 0.1) is 18.0 Å². The lowest BCUT2D eigenvalue weighted by molar-refractivity contribution is 0.123. The van der Waals surface area contributed by atoms with Crippen molar-refractivity contribution < 1.29 is 5.11 Å². The molecular formula is C8H16N4O. The highest BCUT2D eigenvalue weighted by molar-refractivity contribution is 5.56.